The van der Waals surface area contributed by atoms with E-state index in [4.69, 9.17) is 9.97 Å². The molecular formula is C64H41N5. The average Bonchev–Trinajstić information content (AvgIpc) is 4.05. The molecule has 0 spiro atoms. The maximum atomic E-state index is 5.47. The highest BCUT2D eigenvalue weighted by molar-refractivity contribution is 6.20. The van der Waals surface area contributed by atoms with Crippen molar-refractivity contribution in [1.29, 1.82) is 0 Å². The number of hydrogen-bond acceptors (Lipinski definition) is 2. The Morgan fingerprint density at radius 3 is 1.33 bits per heavy atom. The maximum absolute atomic E-state index is 5.47. The van der Waals surface area contributed by atoms with E-state index >= 15 is 0 Å². The molecule has 0 fully saturated rings. The number of hydrogen-bond donors (Lipinski definition) is 0. The van der Waals surface area contributed by atoms with Gasteiger partial charge in [0.25, 0.3) is 0 Å². The van der Waals surface area contributed by atoms with E-state index in [2.05, 4.69) is 256 Å². The van der Waals surface area contributed by atoms with Crippen LogP contribution in [0.2, 0.25) is 0 Å². The molecule has 69 heavy (non-hydrogen) atoms. The van der Waals surface area contributed by atoms with Crippen LogP contribution in [0.3, 0.4) is 0 Å². The first-order chi connectivity index (χ1) is 34.2. The van der Waals surface area contributed by atoms with Crippen LogP contribution in [0.15, 0.2) is 249 Å². The highest BCUT2D eigenvalue weighted by Gasteiger charge is 2.23. The molecular weight excluding hydrogens is 839 g/mol. The Bertz CT molecular complexity index is 4270. The van der Waals surface area contributed by atoms with Crippen LogP contribution in [0.4, 0.5) is 0 Å². The molecule has 14 aromatic rings. The van der Waals surface area contributed by atoms with Gasteiger partial charge < -0.3 is 9.13 Å². The summed E-state index contributed by atoms with van der Waals surface area (Å²) >= 11 is 0. The molecule has 0 bridgehead atoms. The fourth-order valence-corrected chi connectivity index (χ4v) is 10.7. The molecule has 0 N–H and O–H groups in total. The van der Waals surface area contributed by atoms with Gasteiger partial charge in [-0.15, -0.1) is 0 Å². The summed E-state index contributed by atoms with van der Waals surface area (Å²) in [7, 11) is 0. The van der Waals surface area contributed by atoms with Crippen molar-refractivity contribution in [2.24, 2.45) is 0 Å². The number of aromatic nitrogens is 5. The maximum Gasteiger partial charge on any atom is 0.162 e. The van der Waals surface area contributed by atoms with Gasteiger partial charge in [0, 0.05) is 55.1 Å². The second-order valence-corrected chi connectivity index (χ2v) is 17.8. The fourth-order valence-electron chi connectivity index (χ4n) is 10.7. The third-order valence-electron chi connectivity index (χ3n) is 13.8. The van der Waals surface area contributed by atoms with Crippen molar-refractivity contribution in [3.05, 3.63) is 249 Å². The van der Waals surface area contributed by atoms with Crippen LogP contribution in [0.25, 0.3) is 128 Å². The van der Waals surface area contributed by atoms with Gasteiger partial charge in [0.05, 0.1) is 38.7 Å². The second-order valence-electron chi connectivity index (χ2n) is 17.8. The minimum Gasteiger partial charge on any atom is -0.309 e. The van der Waals surface area contributed by atoms with E-state index in [-0.39, 0.29) is 0 Å². The van der Waals surface area contributed by atoms with Gasteiger partial charge in [-0.2, -0.15) is 0 Å². The molecule has 5 nitrogen and oxygen atoms in total. The first kappa shape index (κ1) is 38.9. The number of nitrogens with zero attached hydrogens (tertiary/aromatic N) is 5. The molecule has 0 aliphatic heterocycles. The molecule has 0 aliphatic rings. The summed E-state index contributed by atoms with van der Waals surface area (Å²) in [6, 6.07) is 89.2. The lowest BCUT2D eigenvalue weighted by Crippen LogP contribution is -1.99. The van der Waals surface area contributed by atoms with Gasteiger partial charge in [-0.05, 0) is 101 Å². The molecule has 4 aromatic heterocycles. The van der Waals surface area contributed by atoms with Crippen LogP contribution in [-0.4, -0.2) is 23.7 Å². The topological polar surface area (TPSA) is 40.6 Å². The molecule has 0 amide bonds. The van der Waals surface area contributed by atoms with E-state index < -0.39 is 0 Å². The predicted molar refractivity (Wildman–Crippen MR) is 287 cm³/mol. The van der Waals surface area contributed by atoms with Crippen molar-refractivity contribution in [2.75, 3.05) is 0 Å². The zero-order chi connectivity index (χ0) is 45.4. The Morgan fingerprint density at radius 1 is 0.246 bits per heavy atom. The molecule has 0 unspecified atom stereocenters. The van der Waals surface area contributed by atoms with Crippen LogP contribution in [0, 0.1) is 0 Å². The van der Waals surface area contributed by atoms with E-state index in [0.29, 0.717) is 5.82 Å². The van der Waals surface area contributed by atoms with Gasteiger partial charge in [-0.3, -0.25) is 4.57 Å². The summed E-state index contributed by atoms with van der Waals surface area (Å²) in [5.74, 6) is 0.686. The molecule has 0 saturated heterocycles. The second kappa shape index (κ2) is 15.7. The third kappa shape index (κ3) is 6.25. The van der Waals surface area contributed by atoms with E-state index in [9.17, 15) is 0 Å². The van der Waals surface area contributed by atoms with E-state index in [0.717, 1.165) is 78.0 Å². The summed E-state index contributed by atoms with van der Waals surface area (Å²) < 4.78 is 7.17. The smallest absolute Gasteiger partial charge is 0.162 e. The van der Waals surface area contributed by atoms with Crippen molar-refractivity contribution in [3.8, 4) is 62.0 Å². The number of rotatable bonds is 7. The van der Waals surface area contributed by atoms with Crippen molar-refractivity contribution in [3.63, 3.8) is 0 Å². The lowest BCUT2D eigenvalue weighted by atomic mass is 9.99. The van der Waals surface area contributed by atoms with Gasteiger partial charge in [0.2, 0.25) is 0 Å². The first-order valence-electron chi connectivity index (χ1n) is 23.5. The predicted octanol–water partition coefficient (Wildman–Crippen LogP) is 16.4. The van der Waals surface area contributed by atoms with Crippen LogP contribution in [0.5, 0.6) is 0 Å². The summed E-state index contributed by atoms with van der Waals surface area (Å²) in [5.41, 5.74) is 17.4. The SMILES string of the molecule is c1ccc(-c2cccc(-n3c4ccc(-c5ccc6c(c5)c5cc7c(cc5n6-c5ccccc5)c5ccccc5n7-c5ccccc5)cc4c4c(-c5ccccc5)nc(-c5ccccc5)nc43)c2)cc1. The molecule has 0 radical (unpaired) electrons. The minimum absolute atomic E-state index is 0.686. The Balaban J connectivity index is 1.04. The molecule has 0 saturated carbocycles. The van der Waals surface area contributed by atoms with Crippen molar-refractivity contribution >= 4 is 65.5 Å². The Kier molecular flexibility index (Phi) is 8.83. The van der Waals surface area contributed by atoms with E-state index in [1.54, 1.807) is 0 Å². The third-order valence-corrected chi connectivity index (χ3v) is 13.8. The largest absolute Gasteiger partial charge is 0.309 e. The fraction of sp³-hybridized carbons (Fsp3) is 0. The Morgan fingerprint density at radius 2 is 0.696 bits per heavy atom. The van der Waals surface area contributed by atoms with Crippen molar-refractivity contribution in [1.82, 2.24) is 23.7 Å². The van der Waals surface area contributed by atoms with Crippen molar-refractivity contribution < 1.29 is 0 Å². The van der Waals surface area contributed by atoms with E-state index in [1.807, 2.05) is 6.07 Å². The molecule has 322 valence electrons. The molecule has 0 atom stereocenters. The Hall–Kier alpha value is -9.32. The molecule has 10 aromatic carbocycles. The first-order valence-corrected chi connectivity index (χ1v) is 23.5. The lowest BCUT2D eigenvalue weighted by molar-refractivity contribution is 1.11. The van der Waals surface area contributed by atoms with Crippen LogP contribution < -0.4 is 0 Å². The minimum atomic E-state index is 0.686. The highest BCUT2D eigenvalue weighted by atomic mass is 15.1. The summed E-state index contributed by atoms with van der Waals surface area (Å²) in [6.45, 7) is 0. The highest BCUT2D eigenvalue weighted by Crippen LogP contribution is 2.43. The van der Waals surface area contributed by atoms with Gasteiger partial charge >= 0.3 is 0 Å². The summed E-state index contributed by atoms with van der Waals surface area (Å²) in [4.78, 5) is 10.9. The van der Waals surface area contributed by atoms with Gasteiger partial charge in [0.15, 0.2) is 5.82 Å². The number of benzene rings is 10. The van der Waals surface area contributed by atoms with Crippen LogP contribution in [0.1, 0.15) is 0 Å². The van der Waals surface area contributed by atoms with Crippen LogP contribution >= 0.6 is 0 Å². The molecule has 14 rings (SSSR count). The molecule has 4 heterocycles. The van der Waals surface area contributed by atoms with Gasteiger partial charge in [-0.1, -0.05) is 170 Å². The summed E-state index contributed by atoms with van der Waals surface area (Å²) in [6.07, 6.45) is 0. The Labute approximate surface area is 398 Å². The number of para-hydroxylation sites is 3. The molecule has 5 heteroatoms. The van der Waals surface area contributed by atoms with Crippen LogP contribution in [-0.2, 0) is 0 Å². The van der Waals surface area contributed by atoms with Gasteiger partial charge in [-0.25, -0.2) is 9.97 Å². The zero-order valence-corrected chi connectivity index (χ0v) is 37.4. The van der Waals surface area contributed by atoms with Crippen molar-refractivity contribution in [2.45, 2.75) is 0 Å². The summed E-state index contributed by atoms with van der Waals surface area (Å²) in [5, 5.41) is 6.96. The van der Waals surface area contributed by atoms with E-state index in [1.165, 1.54) is 43.7 Å². The number of fused-ring (bicyclic) bond motifs is 9. The van der Waals surface area contributed by atoms with Gasteiger partial charge in [0.1, 0.15) is 5.65 Å². The normalized spacial score (nSPS) is 11.8. The molecule has 0 aliphatic carbocycles. The zero-order valence-electron chi connectivity index (χ0n) is 37.4. The quantitative estimate of drug-likeness (QED) is 0.160. The average molecular weight is 880 g/mol. The standard InChI is InChI=1S/C64H41N5/c1-6-19-42(20-7-1)45-25-18-30-50(37-45)69-58-36-34-47(39-55(58)61-62(43-21-8-2-9-22-43)65-63(66-64(61)69)44-23-10-3-11-24-44)46-33-35-57-52(38-46)54-41-59-53(40-60(54)68(57)49-28-14-5-15-29-49)51-31-16-17-32-56(51)67(59)48-26-12-4-13-27-48/h1-41H. The lowest BCUT2D eigenvalue weighted by Gasteiger charge is -2.12. The monoisotopic (exact) mass is 879 g/mol.